The maximum absolute atomic E-state index is 12.5. The van der Waals surface area contributed by atoms with Gasteiger partial charge in [-0.05, 0) is 26.3 Å². The van der Waals surface area contributed by atoms with E-state index >= 15 is 0 Å². The number of carbonyl (C=O) groups excluding carboxylic acids is 1. The minimum atomic E-state index is -0.179. The van der Waals surface area contributed by atoms with Gasteiger partial charge in [-0.25, -0.2) is 9.97 Å². The lowest BCUT2D eigenvalue weighted by molar-refractivity contribution is 0.0916. The highest BCUT2D eigenvalue weighted by Crippen LogP contribution is 2.25. The number of aryl methyl sites for hydroxylation is 3. The first-order valence-corrected chi connectivity index (χ1v) is 8.97. The van der Waals surface area contributed by atoms with E-state index in [1.807, 2.05) is 32.9 Å². The van der Waals surface area contributed by atoms with Crippen LogP contribution in [0, 0.1) is 13.8 Å². The van der Waals surface area contributed by atoms with Crippen molar-refractivity contribution >= 4 is 11.7 Å². The summed E-state index contributed by atoms with van der Waals surface area (Å²) in [5.41, 5.74) is 1.78. The molecule has 2 aromatic heterocycles. The van der Waals surface area contributed by atoms with Gasteiger partial charge in [-0.1, -0.05) is 6.92 Å². The Hall–Kier alpha value is -2.41. The van der Waals surface area contributed by atoms with Crippen LogP contribution in [0.1, 0.15) is 40.9 Å². The molecule has 1 aliphatic heterocycles. The largest absolute Gasteiger partial charge is 0.456 e. The number of anilines is 1. The van der Waals surface area contributed by atoms with Gasteiger partial charge in [-0.2, -0.15) is 0 Å². The molecular formula is C19H26N4O3. The van der Waals surface area contributed by atoms with Gasteiger partial charge in [-0.15, -0.1) is 0 Å². The van der Waals surface area contributed by atoms with Gasteiger partial charge >= 0.3 is 0 Å². The standard InChI is InChI=1S/C19H26N4O3/c1-5-15-6-12(2)18(26-15)19(24)20-9-14-8-16(25-4)10-23(14)17-7-13(3)21-11-22-17/h6-7,11,14,16H,5,8-10H2,1-4H3,(H,20,24)/t14-,16-/m0/s1. The molecule has 1 amide bonds. The highest BCUT2D eigenvalue weighted by Gasteiger charge is 2.33. The zero-order valence-electron chi connectivity index (χ0n) is 15.8. The van der Waals surface area contributed by atoms with Crippen LogP contribution in [0.25, 0.3) is 0 Å². The van der Waals surface area contributed by atoms with Gasteiger partial charge in [0.15, 0.2) is 5.76 Å². The monoisotopic (exact) mass is 358 g/mol. The molecule has 0 aliphatic carbocycles. The fourth-order valence-corrected chi connectivity index (χ4v) is 3.35. The second-order valence-electron chi connectivity index (χ2n) is 6.71. The van der Waals surface area contributed by atoms with Gasteiger partial charge in [0.05, 0.1) is 12.1 Å². The van der Waals surface area contributed by atoms with E-state index in [2.05, 4.69) is 20.2 Å². The number of furan rings is 1. The summed E-state index contributed by atoms with van der Waals surface area (Å²) >= 11 is 0. The van der Waals surface area contributed by atoms with Gasteiger partial charge in [0, 0.05) is 43.9 Å². The Labute approximate surface area is 153 Å². The molecule has 1 N–H and O–H groups in total. The molecule has 2 aromatic rings. The molecule has 3 rings (SSSR count). The maximum atomic E-state index is 12.5. The van der Waals surface area contributed by atoms with Crippen molar-refractivity contribution in [3.8, 4) is 0 Å². The normalized spacial score (nSPS) is 19.8. The molecule has 0 spiro atoms. The lowest BCUT2D eigenvalue weighted by Crippen LogP contribution is -2.40. The summed E-state index contributed by atoms with van der Waals surface area (Å²) in [5, 5.41) is 3.00. The Morgan fingerprint density at radius 1 is 1.38 bits per heavy atom. The molecule has 0 aromatic carbocycles. The highest BCUT2D eigenvalue weighted by molar-refractivity contribution is 5.92. The predicted molar refractivity (Wildman–Crippen MR) is 98.5 cm³/mol. The summed E-state index contributed by atoms with van der Waals surface area (Å²) in [4.78, 5) is 23.2. The summed E-state index contributed by atoms with van der Waals surface area (Å²) in [6, 6.07) is 3.98. The topological polar surface area (TPSA) is 80.5 Å². The van der Waals surface area contributed by atoms with Crippen LogP contribution in [0.4, 0.5) is 5.82 Å². The third-order valence-corrected chi connectivity index (χ3v) is 4.81. The third-order valence-electron chi connectivity index (χ3n) is 4.81. The number of ether oxygens (including phenoxy) is 1. The molecular weight excluding hydrogens is 332 g/mol. The predicted octanol–water partition coefficient (Wildman–Crippen LogP) is 2.27. The van der Waals surface area contributed by atoms with Crippen molar-refractivity contribution in [2.75, 3.05) is 25.1 Å². The van der Waals surface area contributed by atoms with Crippen LogP contribution in [-0.4, -0.2) is 48.2 Å². The molecule has 140 valence electrons. The number of rotatable bonds is 6. The summed E-state index contributed by atoms with van der Waals surface area (Å²) in [6.45, 7) is 7.09. The lowest BCUT2D eigenvalue weighted by atomic mass is 10.2. The van der Waals surface area contributed by atoms with Crippen molar-refractivity contribution in [3.63, 3.8) is 0 Å². The van der Waals surface area contributed by atoms with E-state index in [-0.39, 0.29) is 18.1 Å². The van der Waals surface area contributed by atoms with Crippen LogP contribution in [-0.2, 0) is 11.2 Å². The molecule has 0 saturated carbocycles. The Balaban J connectivity index is 1.70. The van der Waals surface area contributed by atoms with Crippen molar-refractivity contribution in [1.82, 2.24) is 15.3 Å². The summed E-state index contributed by atoms with van der Waals surface area (Å²) in [7, 11) is 1.72. The van der Waals surface area contributed by atoms with Crippen LogP contribution >= 0.6 is 0 Å². The molecule has 1 fully saturated rings. The lowest BCUT2D eigenvalue weighted by Gasteiger charge is -2.25. The number of methoxy groups -OCH3 is 1. The van der Waals surface area contributed by atoms with Crippen LogP contribution in [0.3, 0.4) is 0 Å². The van der Waals surface area contributed by atoms with Crippen LogP contribution in [0.5, 0.6) is 0 Å². The number of nitrogens with one attached hydrogen (secondary N) is 1. The first-order valence-electron chi connectivity index (χ1n) is 8.97. The zero-order chi connectivity index (χ0) is 18.7. The Kier molecular flexibility index (Phi) is 5.56. The average molecular weight is 358 g/mol. The minimum Gasteiger partial charge on any atom is -0.456 e. The number of carbonyl (C=O) groups is 1. The molecule has 7 nitrogen and oxygen atoms in total. The van der Waals surface area contributed by atoms with E-state index in [0.29, 0.717) is 12.3 Å². The van der Waals surface area contributed by atoms with E-state index in [1.165, 1.54) is 0 Å². The van der Waals surface area contributed by atoms with E-state index in [9.17, 15) is 4.79 Å². The molecule has 0 radical (unpaired) electrons. The van der Waals surface area contributed by atoms with Crippen molar-refractivity contribution in [2.24, 2.45) is 0 Å². The number of aromatic nitrogens is 2. The van der Waals surface area contributed by atoms with E-state index in [4.69, 9.17) is 9.15 Å². The van der Waals surface area contributed by atoms with Gasteiger partial charge in [0.1, 0.15) is 17.9 Å². The van der Waals surface area contributed by atoms with E-state index in [0.717, 1.165) is 42.2 Å². The SMILES string of the molecule is CCc1cc(C)c(C(=O)NC[C@@H]2C[C@H](OC)CN2c2cc(C)ncn2)o1. The first-order chi connectivity index (χ1) is 12.5. The Bertz CT molecular complexity index is 774. The number of hydrogen-bond acceptors (Lipinski definition) is 6. The fourth-order valence-electron chi connectivity index (χ4n) is 3.35. The molecule has 2 atom stereocenters. The van der Waals surface area contributed by atoms with Crippen LogP contribution < -0.4 is 10.2 Å². The Morgan fingerprint density at radius 2 is 2.19 bits per heavy atom. The second kappa shape index (κ2) is 7.86. The quantitative estimate of drug-likeness (QED) is 0.853. The fraction of sp³-hybridized carbons (Fsp3) is 0.526. The molecule has 0 bridgehead atoms. The van der Waals surface area contributed by atoms with Gasteiger partial charge < -0.3 is 19.4 Å². The van der Waals surface area contributed by atoms with Crippen molar-refractivity contribution < 1.29 is 13.9 Å². The average Bonchev–Trinajstić information content (AvgIpc) is 3.22. The molecule has 0 unspecified atom stereocenters. The second-order valence-corrected chi connectivity index (χ2v) is 6.71. The van der Waals surface area contributed by atoms with E-state index in [1.54, 1.807) is 13.4 Å². The van der Waals surface area contributed by atoms with Gasteiger partial charge in [0.2, 0.25) is 0 Å². The first kappa shape index (κ1) is 18.4. The van der Waals surface area contributed by atoms with Crippen LogP contribution in [0.2, 0.25) is 0 Å². The van der Waals surface area contributed by atoms with Gasteiger partial charge in [-0.3, -0.25) is 4.79 Å². The van der Waals surface area contributed by atoms with E-state index < -0.39 is 0 Å². The summed E-state index contributed by atoms with van der Waals surface area (Å²) in [5.74, 6) is 1.90. The van der Waals surface area contributed by atoms with Gasteiger partial charge in [0.25, 0.3) is 5.91 Å². The number of hydrogen-bond donors (Lipinski definition) is 1. The summed E-state index contributed by atoms with van der Waals surface area (Å²) < 4.78 is 11.2. The molecule has 3 heterocycles. The maximum Gasteiger partial charge on any atom is 0.287 e. The summed E-state index contributed by atoms with van der Waals surface area (Å²) in [6.07, 6.45) is 3.28. The molecule has 1 saturated heterocycles. The molecule has 26 heavy (non-hydrogen) atoms. The molecule has 7 heteroatoms. The third kappa shape index (κ3) is 3.88. The Morgan fingerprint density at radius 3 is 2.85 bits per heavy atom. The molecule has 1 aliphatic rings. The zero-order valence-corrected chi connectivity index (χ0v) is 15.8. The van der Waals surface area contributed by atoms with Crippen LogP contribution in [0.15, 0.2) is 22.9 Å². The highest BCUT2D eigenvalue weighted by atomic mass is 16.5. The minimum absolute atomic E-state index is 0.110. The number of nitrogens with zero attached hydrogens (tertiary/aromatic N) is 3. The number of amides is 1. The smallest absolute Gasteiger partial charge is 0.287 e. The van der Waals surface area contributed by atoms with Crippen molar-refractivity contribution in [1.29, 1.82) is 0 Å². The van der Waals surface area contributed by atoms with Crippen molar-refractivity contribution in [3.05, 3.63) is 41.2 Å². The van der Waals surface area contributed by atoms with Crippen molar-refractivity contribution in [2.45, 2.75) is 45.8 Å².